The lowest BCUT2D eigenvalue weighted by Gasteiger charge is -2.37. The Labute approximate surface area is 89.1 Å². The number of allylic oxidation sites excluding steroid dienone is 4. The minimum absolute atomic E-state index is 0.220. The lowest BCUT2D eigenvalue weighted by atomic mass is 9.89. The van der Waals surface area contributed by atoms with E-state index in [1.54, 1.807) is 0 Å². The van der Waals surface area contributed by atoms with Crippen LogP contribution in [0.25, 0.3) is 0 Å². The number of amides is 1. The first kappa shape index (κ1) is 8.92. The SMILES string of the molecule is O=C1CNCC2=C3CC=CC=C3CCN12. The van der Waals surface area contributed by atoms with E-state index in [1.165, 1.54) is 16.8 Å². The summed E-state index contributed by atoms with van der Waals surface area (Å²) in [7, 11) is 0. The van der Waals surface area contributed by atoms with Crippen LogP contribution in [0.1, 0.15) is 12.8 Å². The fourth-order valence-corrected chi connectivity index (χ4v) is 2.53. The van der Waals surface area contributed by atoms with Crippen LogP contribution in [0.5, 0.6) is 0 Å². The zero-order valence-electron chi connectivity index (χ0n) is 8.62. The highest BCUT2D eigenvalue weighted by Gasteiger charge is 2.29. The van der Waals surface area contributed by atoms with Gasteiger partial charge in [0.2, 0.25) is 5.91 Å². The van der Waals surface area contributed by atoms with E-state index in [2.05, 4.69) is 23.5 Å². The average molecular weight is 202 g/mol. The number of fused-ring (bicyclic) bond motifs is 2. The van der Waals surface area contributed by atoms with Crippen molar-refractivity contribution in [3.8, 4) is 0 Å². The molecule has 1 N–H and O–H groups in total. The van der Waals surface area contributed by atoms with E-state index in [0.717, 1.165) is 25.9 Å². The van der Waals surface area contributed by atoms with Crippen LogP contribution in [0.2, 0.25) is 0 Å². The van der Waals surface area contributed by atoms with Crippen molar-refractivity contribution in [2.75, 3.05) is 19.6 Å². The van der Waals surface area contributed by atoms with Crippen LogP contribution in [0.4, 0.5) is 0 Å². The number of piperazine rings is 1. The van der Waals surface area contributed by atoms with E-state index < -0.39 is 0 Å². The van der Waals surface area contributed by atoms with E-state index in [0.29, 0.717) is 6.54 Å². The third kappa shape index (κ3) is 1.35. The molecule has 78 valence electrons. The highest BCUT2D eigenvalue weighted by molar-refractivity contribution is 5.82. The van der Waals surface area contributed by atoms with Crippen molar-refractivity contribution in [2.45, 2.75) is 12.8 Å². The maximum absolute atomic E-state index is 11.7. The zero-order chi connectivity index (χ0) is 10.3. The molecule has 2 heterocycles. The zero-order valence-corrected chi connectivity index (χ0v) is 8.62. The third-order valence-electron chi connectivity index (χ3n) is 3.29. The Morgan fingerprint density at radius 2 is 2.27 bits per heavy atom. The molecule has 3 nitrogen and oxygen atoms in total. The summed E-state index contributed by atoms with van der Waals surface area (Å²) in [5.74, 6) is 0.220. The molecule has 1 fully saturated rings. The van der Waals surface area contributed by atoms with Gasteiger partial charge in [-0.3, -0.25) is 4.79 Å². The molecule has 0 aromatic carbocycles. The van der Waals surface area contributed by atoms with Crippen LogP contribution in [0.15, 0.2) is 35.1 Å². The van der Waals surface area contributed by atoms with Gasteiger partial charge < -0.3 is 10.2 Å². The molecule has 1 amide bonds. The highest BCUT2D eigenvalue weighted by Crippen LogP contribution is 2.32. The van der Waals surface area contributed by atoms with Gasteiger partial charge in [-0.1, -0.05) is 18.2 Å². The van der Waals surface area contributed by atoms with Crippen LogP contribution in [0.3, 0.4) is 0 Å². The summed E-state index contributed by atoms with van der Waals surface area (Å²) in [6.45, 7) is 2.19. The number of nitrogens with one attached hydrogen (secondary N) is 1. The predicted molar refractivity (Wildman–Crippen MR) is 58.1 cm³/mol. The third-order valence-corrected chi connectivity index (χ3v) is 3.29. The second-order valence-electron chi connectivity index (χ2n) is 4.15. The smallest absolute Gasteiger partial charge is 0.240 e. The summed E-state index contributed by atoms with van der Waals surface area (Å²) in [6, 6.07) is 0. The molecule has 1 saturated heterocycles. The molecular formula is C12H14N2O. The van der Waals surface area contributed by atoms with Gasteiger partial charge in [0.05, 0.1) is 6.54 Å². The first-order valence-electron chi connectivity index (χ1n) is 5.45. The van der Waals surface area contributed by atoms with E-state index in [9.17, 15) is 4.79 Å². The van der Waals surface area contributed by atoms with Gasteiger partial charge >= 0.3 is 0 Å². The van der Waals surface area contributed by atoms with Crippen molar-refractivity contribution >= 4 is 5.91 Å². The topological polar surface area (TPSA) is 32.3 Å². The Hall–Kier alpha value is -1.35. The van der Waals surface area contributed by atoms with E-state index in [4.69, 9.17) is 0 Å². The largest absolute Gasteiger partial charge is 0.313 e. The fraction of sp³-hybridized carbons (Fsp3) is 0.417. The molecular weight excluding hydrogens is 188 g/mol. The lowest BCUT2D eigenvalue weighted by Crippen LogP contribution is -2.49. The number of hydrogen-bond acceptors (Lipinski definition) is 2. The van der Waals surface area contributed by atoms with Crippen molar-refractivity contribution in [3.63, 3.8) is 0 Å². The minimum Gasteiger partial charge on any atom is -0.313 e. The number of carbonyl (C=O) groups is 1. The molecule has 1 aliphatic carbocycles. The van der Waals surface area contributed by atoms with Gasteiger partial charge in [0.25, 0.3) is 0 Å². The van der Waals surface area contributed by atoms with Gasteiger partial charge in [0.15, 0.2) is 0 Å². The maximum atomic E-state index is 11.7. The Kier molecular flexibility index (Phi) is 1.99. The van der Waals surface area contributed by atoms with Gasteiger partial charge in [-0.25, -0.2) is 0 Å². The number of carbonyl (C=O) groups excluding carboxylic acids is 1. The Bertz CT molecular complexity index is 404. The molecule has 2 aliphatic heterocycles. The summed E-state index contributed by atoms with van der Waals surface area (Å²) in [5, 5.41) is 3.17. The van der Waals surface area contributed by atoms with Crippen molar-refractivity contribution in [1.82, 2.24) is 10.2 Å². The molecule has 0 aromatic heterocycles. The summed E-state index contributed by atoms with van der Waals surface area (Å²) in [6.07, 6.45) is 8.45. The molecule has 0 aromatic rings. The first-order valence-corrected chi connectivity index (χ1v) is 5.45. The molecule has 3 heteroatoms. The summed E-state index contributed by atoms with van der Waals surface area (Å²) in [5.41, 5.74) is 3.98. The van der Waals surface area contributed by atoms with Gasteiger partial charge in [0.1, 0.15) is 0 Å². The van der Waals surface area contributed by atoms with E-state index >= 15 is 0 Å². The Morgan fingerprint density at radius 3 is 3.20 bits per heavy atom. The predicted octanol–water partition coefficient (Wildman–Crippen LogP) is 0.962. The molecule has 0 atom stereocenters. The van der Waals surface area contributed by atoms with Crippen LogP contribution >= 0.6 is 0 Å². The fourth-order valence-electron chi connectivity index (χ4n) is 2.53. The minimum atomic E-state index is 0.220. The molecule has 3 rings (SSSR count). The summed E-state index contributed by atoms with van der Waals surface area (Å²) >= 11 is 0. The summed E-state index contributed by atoms with van der Waals surface area (Å²) in [4.78, 5) is 13.7. The molecule has 0 spiro atoms. The molecule has 3 aliphatic rings. The van der Waals surface area contributed by atoms with Crippen molar-refractivity contribution in [2.24, 2.45) is 0 Å². The van der Waals surface area contributed by atoms with E-state index in [-0.39, 0.29) is 5.91 Å². The number of nitrogens with zero attached hydrogens (tertiary/aromatic N) is 1. The maximum Gasteiger partial charge on any atom is 0.240 e. The van der Waals surface area contributed by atoms with Crippen LogP contribution in [-0.4, -0.2) is 30.4 Å². The molecule has 0 saturated carbocycles. The quantitative estimate of drug-likeness (QED) is 0.634. The highest BCUT2D eigenvalue weighted by atomic mass is 16.2. The van der Waals surface area contributed by atoms with Gasteiger partial charge in [0, 0.05) is 18.8 Å². The lowest BCUT2D eigenvalue weighted by molar-refractivity contribution is -0.129. The van der Waals surface area contributed by atoms with Crippen molar-refractivity contribution in [3.05, 3.63) is 35.1 Å². The monoisotopic (exact) mass is 202 g/mol. The van der Waals surface area contributed by atoms with Gasteiger partial charge in [-0.15, -0.1) is 0 Å². The van der Waals surface area contributed by atoms with Crippen molar-refractivity contribution < 1.29 is 4.79 Å². The molecule has 0 unspecified atom stereocenters. The number of rotatable bonds is 0. The Morgan fingerprint density at radius 1 is 1.33 bits per heavy atom. The van der Waals surface area contributed by atoms with Gasteiger partial charge in [-0.2, -0.15) is 0 Å². The van der Waals surface area contributed by atoms with Crippen molar-refractivity contribution in [1.29, 1.82) is 0 Å². The van der Waals surface area contributed by atoms with Gasteiger partial charge in [-0.05, 0) is 24.0 Å². The number of hydrogen-bond donors (Lipinski definition) is 1. The first-order chi connectivity index (χ1) is 7.36. The standard InChI is InChI=1S/C12H14N2O/c15-12-8-13-7-11-10-4-2-1-3-9(10)5-6-14(11)12/h1-3,13H,4-8H2. The Balaban J connectivity index is 2.05. The molecule has 0 bridgehead atoms. The second kappa shape index (κ2) is 3.35. The summed E-state index contributed by atoms with van der Waals surface area (Å²) < 4.78 is 0. The molecule has 15 heavy (non-hydrogen) atoms. The normalized spacial score (nSPS) is 24.9. The molecule has 0 radical (unpaired) electrons. The van der Waals surface area contributed by atoms with Crippen LogP contribution < -0.4 is 5.32 Å². The van der Waals surface area contributed by atoms with E-state index in [1.807, 2.05) is 4.90 Å². The van der Waals surface area contributed by atoms with Crippen LogP contribution in [-0.2, 0) is 4.79 Å². The second-order valence-corrected chi connectivity index (χ2v) is 4.15. The van der Waals surface area contributed by atoms with Crippen LogP contribution in [0, 0.1) is 0 Å². The average Bonchev–Trinajstić information content (AvgIpc) is 2.29.